The normalized spacial score (nSPS) is 10.1. The number of hydrogen-bond donors (Lipinski definition) is 2. The minimum Gasteiger partial charge on any atom is -0.393 e. The maximum atomic E-state index is 12.1. The summed E-state index contributed by atoms with van der Waals surface area (Å²) >= 11 is 0. The van der Waals surface area contributed by atoms with Crippen LogP contribution in [-0.4, -0.2) is 26.7 Å². The van der Waals surface area contributed by atoms with Gasteiger partial charge in [0.25, 0.3) is 17.1 Å². The van der Waals surface area contributed by atoms with Crippen LogP contribution in [0.3, 0.4) is 0 Å². The summed E-state index contributed by atoms with van der Waals surface area (Å²) in [6.45, 7) is 0. The number of nitro benzene ring substituents is 3. The van der Waals surface area contributed by atoms with Gasteiger partial charge < -0.3 is 16.2 Å². The van der Waals surface area contributed by atoms with Gasteiger partial charge in [-0.2, -0.15) is 0 Å². The van der Waals surface area contributed by atoms with Crippen molar-refractivity contribution in [3.05, 3.63) is 71.8 Å². The Morgan fingerprint density at radius 1 is 0.750 bits per heavy atom. The number of anilines is 2. The van der Waals surface area contributed by atoms with Crippen molar-refractivity contribution < 1.29 is 29.1 Å². The zero-order valence-corrected chi connectivity index (χ0v) is 13.6. The van der Waals surface area contributed by atoms with Gasteiger partial charge in [0.15, 0.2) is 5.69 Å². The van der Waals surface area contributed by atoms with Gasteiger partial charge in [0.2, 0.25) is 0 Å². The summed E-state index contributed by atoms with van der Waals surface area (Å²) in [6.07, 6.45) is 0. The standard InChI is InChI=1S/C14H9N5O9/c15-8-2-1-6(3-9(8)17(22)23)13(20)28-14(21)7-4-10(18(24)25)12(16)11(5-7)19(26)27/h1-5H,15-16H2. The van der Waals surface area contributed by atoms with Crippen molar-refractivity contribution >= 4 is 40.4 Å². The van der Waals surface area contributed by atoms with Crippen LogP contribution in [0.4, 0.5) is 28.4 Å². The first-order valence-electron chi connectivity index (χ1n) is 7.05. The average Bonchev–Trinajstić information content (AvgIpc) is 2.61. The molecule has 2 aromatic rings. The van der Waals surface area contributed by atoms with Crippen molar-refractivity contribution in [1.82, 2.24) is 0 Å². The Morgan fingerprint density at radius 3 is 1.64 bits per heavy atom. The highest BCUT2D eigenvalue weighted by Gasteiger charge is 2.28. The van der Waals surface area contributed by atoms with Crippen LogP contribution in [-0.2, 0) is 4.74 Å². The molecule has 0 saturated heterocycles. The summed E-state index contributed by atoms with van der Waals surface area (Å²) in [5, 5.41) is 32.8. The molecule has 0 atom stereocenters. The lowest BCUT2D eigenvalue weighted by molar-refractivity contribution is -0.392. The van der Waals surface area contributed by atoms with E-state index in [9.17, 15) is 39.9 Å². The molecule has 0 amide bonds. The Bertz CT molecular complexity index is 1010. The van der Waals surface area contributed by atoms with E-state index in [1.54, 1.807) is 0 Å². The molecule has 0 aliphatic rings. The van der Waals surface area contributed by atoms with E-state index < -0.39 is 60.6 Å². The van der Waals surface area contributed by atoms with Gasteiger partial charge in [-0.1, -0.05) is 0 Å². The van der Waals surface area contributed by atoms with Crippen LogP contribution in [0, 0.1) is 30.3 Å². The fourth-order valence-electron chi connectivity index (χ4n) is 2.07. The molecule has 0 aliphatic carbocycles. The van der Waals surface area contributed by atoms with Gasteiger partial charge in [-0.3, -0.25) is 30.3 Å². The third kappa shape index (κ3) is 3.79. The second-order valence-corrected chi connectivity index (χ2v) is 5.15. The van der Waals surface area contributed by atoms with E-state index in [2.05, 4.69) is 4.74 Å². The maximum absolute atomic E-state index is 12.1. The number of carbonyl (C=O) groups is 2. The number of nitro groups is 3. The molecule has 0 aromatic heterocycles. The second kappa shape index (κ2) is 7.32. The predicted molar refractivity (Wildman–Crippen MR) is 91.4 cm³/mol. The van der Waals surface area contributed by atoms with Crippen LogP contribution >= 0.6 is 0 Å². The molecule has 14 heteroatoms. The number of esters is 2. The summed E-state index contributed by atoms with van der Waals surface area (Å²) in [4.78, 5) is 53.9. The molecule has 0 aliphatic heterocycles. The van der Waals surface area contributed by atoms with Crippen LogP contribution in [0.5, 0.6) is 0 Å². The number of nitrogen functional groups attached to an aromatic ring is 2. The SMILES string of the molecule is Nc1ccc(C(=O)OC(=O)c2cc([N+](=O)[O-])c(N)c([N+](=O)[O-])c2)cc1[N+](=O)[O-]. The lowest BCUT2D eigenvalue weighted by atomic mass is 10.1. The number of rotatable bonds is 5. The topological polar surface area (TPSA) is 225 Å². The maximum Gasteiger partial charge on any atom is 0.346 e. The molecule has 4 N–H and O–H groups in total. The minimum atomic E-state index is -1.46. The van der Waals surface area contributed by atoms with Gasteiger partial charge in [0.05, 0.1) is 25.9 Å². The quantitative estimate of drug-likeness (QED) is 0.244. The molecular weight excluding hydrogens is 382 g/mol. The highest BCUT2D eigenvalue weighted by molar-refractivity contribution is 6.04. The van der Waals surface area contributed by atoms with Crippen molar-refractivity contribution in [3.63, 3.8) is 0 Å². The second-order valence-electron chi connectivity index (χ2n) is 5.15. The van der Waals surface area contributed by atoms with Crippen molar-refractivity contribution in [2.45, 2.75) is 0 Å². The number of benzene rings is 2. The molecule has 0 fully saturated rings. The summed E-state index contributed by atoms with van der Waals surface area (Å²) < 4.78 is 4.48. The largest absolute Gasteiger partial charge is 0.393 e. The van der Waals surface area contributed by atoms with Crippen LogP contribution in [0.25, 0.3) is 0 Å². The minimum absolute atomic E-state index is 0.238. The van der Waals surface area contributed by atoms with Gasteiger partial charge in [-0.25, -0.2) is 9.59 Å². The van der Waals surface area contributed by atoms with E-state index >= 15 is 0 Å². The third-order valence-corrected chi connectivity index (χ3v) is 3.41. The third-order valence-electron chi connectivity index (χ3n) is 3.41. The van der Waals surface area contributed by atoms with Gasteiger partial charge in [0, 0.05) is 18.2 Å². The van der Waals surface area contributed by atoms with Gasteiger partial charge >= 0.3 is 11.9 Å². The van der Waals surface area contributed by atoms with E-state index in [0.717, 1.165) is 18.2 Å². The lowest BCUT2D eigenvalue weighted by Crippen LogP contribution is -2.14. The van der Waals surface area contributed by atoms with E-state index in [-0.39, 0.29) is 5.69 Å². The van der Waals surface area contributed by atoms with E-state index in [1.807, 2.05) is 0 Å². The molecular formula is C14H9N5O9. The average molecular weight is 391 g/mol. The first-order valence-corrected chi connectivity index (χ1v) is 7.05. The predicted octanol–water partition coefficient (Wildman–Crippen LogP) is 1.57. The summed E-state index contributed by atoms with van der Waals surface area (Å²) in [5.74, 6) is -2.80. The number of hydrogen-bond acceptors (Lipinski definition) is 11. The van der Waals surface area contributed by atoms with Crippen LogP contribution in [0.1, 0.15) is 20.7 Å². The molecule has 2 rings (SSSR count). The molecule has 0 spiro atoms. The molecule has 2 aromatic carbocycles. The van der Waals surface area contributed by atoms with Crippen molar-refractivity contribution in [2.75, 3.05) is 11.5 Å². The van der Waals surface area contributed by atoms with Crippen LogP contribution < -0.4 is 11.5 Å². The first kappa shape index (κ1) is 19.7. The van der Waals surface area contributed by atoms with Crippen molar-refractivity contribution in [2.24, 2.45) is 0 Å². The number of ether oxygens (including phenoxy) is 1. The Balaban J connectivity index is 2.38. The molecule has 0 unspecified atom stereocenters. The van der Waals surface area contributed by atoms with Crippen molar-refractivity contribution in [1.29, 1.82) is 0 Å². The summed E-state index contributed by atoms with van der Waals surface area (Å²) in [7, 11) is 0. The van der Waals surface area contributed by atoms with E-state index in [4.69, 9.17) is 11.5 Å². The zero-order valence-electron chi connectivity index (χ0n) is 13.6. The molecule has 0 saturated carbocycles. The molecule has 28 heavy (non-hydrogen) atoms. The highest BCUT2D eigenvalue weighted by atomic mass is 16.6. The number of nitrogens with zero attached hydrogens (tertiary/aromatic N) is 3. The number of carbonyl (C=O) groups excluding carboxylic acids is 2. The first-order chi connectivity index (χ1) is 13.0. The number of nitrogens with two attached hydrogens (primary N) is 2. The molecule has 0 bridgehead atoms. The fourth-order valence-corrected chi connectivity index (χ4v) is 2.07. The molecule has 0 heterocycles. The zero-order chi connectivity index (χ0) is 21.2. The molecule has 0 radical (unpaired) electrons. The smallest absolute Gasteiger partial charge is 0.346 e. The van der Waals surface area contributed by atoms with E-state index in [0.29, 0.717) is 12.1 Å². The Labute approximate surface area is 153 Å². The molecule has 14 nitrogen and oxygen atoms in total. The monoisotopic (exact) mass is 391 g/mol. The fraction of sp³-hybridized carbons (Fsp3) is 0. The van der Waals surface area contributed by atoms with Gasteiger partial charge in [-0.05, 0) is 12.1 Å². The highest BCUT2D eigenvalue weighted by Crippen LogP contribution is 2.33. The lowest BCUT2D eigenvalue weighted by Gasteiger charge is -2.06. The van der Waals surface area contributed by atoms with Crippen molar-refractivity contribution in [3.8, 4) is 0 Å². The Hall–Kier alpha value is -4.62. The van der Waals surface area contributed by atoms with Gasteiger partial charge in [-0.15, -0.1) is 0 Å². The van der Waals surface area contributed by atoms with Crippen LogP contribution in [0.2, 0.25) is 0 Å². The van der Waals surface area contributed by atoms with E-state index in [1.165, 1.54) is 0 Å². The van der Waals surface area contributed by atoms with Gasteiger partial charge in [0.1, 0.15) is 5.69 Å². The Kier molecular flexibility index (Phi) is 5.15. The summed E-state index contributed by atoms with van der Waals surface area (Å²) in [6, 6.07) is 4.05. The summed E-state index contributed by atoms with van der Waals surface area (Å²) in [5.41, 5.74) is 6.12. The molecule has 144 valence electrons. The van der Waals surface area contributed by atoms with Crippen LogP contribution in [0.15, 0.2) is 30.3 Å². The Morgan fingerprint density at radius 2 is 1.18 bits per heavy atom.